The lowest BCUT2D eigenvalue weighted by molar-refractivity contribution is -0.291. The average Bonchev–Trinajstić information content (AvgIpc) is 2.28. The fourth-order valence-electron chi connectivity index (χ4n) is 1.26. The molecule has 0 spiro atoms. The van der Waals surface area contributed by atoms with Gasteiger partial charge in [-0.25, -0.2) is 9.78 Å². The predicted molar refractivity (Wildman–Crippen MR) is 56.7 cm³/mol. The summed E-state index contributed by atoms with van der Waals surface area (Å²) in [5.41, 5.74) is -0.561. The van der Waals surface area contributed by atoms with Crippen LogP contribution < -0.4 is 0 Å². The second-order valence-electron chi connectivity index (χ2n) is 2.99. The maximum Gasteiger partial charge on any atom is 0.147 e. The van der Waals surface area contributed by atoms with Crippen LogP contribution in [0.5, 0.6) is 0 Å². The van der Waals surface area contributed by atoms with Crippen LogP contribution in [0.1, 0.15) is 13.8 Å². The van der Waals surface area contributed by atoms with Crippen LogP contribution in [0.4, 0.5) is 0 Å². The minimum absolute atomic E-state index is 0.0486. The van der Waals surface area contributed by atoms with Crippen LogP contribution in [0.3, 0.4) is 0 Å². The largest absolute Gasteiger partial charge is 0.512 e. The van der Waals surface area contributed by atoms with Crippen LogP contribution in [0.15, 0.2) is 22.5 Å². The van der Waals surface area contributed by atoms with Gasteiger partial charge in [0.25, 0.3) is 0 Å². The van der Waals surface area contributed by atoms with Gasteiger partial charge in [-0.1, -0.05) is 0 Å². The van der Waals surface area contributed by atoms with E-state index in [-0.39, 0.29) is 22.5 Å². The van der Waals surface area contributed by atoms with Crippen LogP contribution in [0, 0.1) is 34.0 Å². The first kappa shape index (κ1) is 14.7. The Hall–Kier alpha value is -2.33. The number of rotatable bonds is 4. The van der Waals surface area contributed by atoms with E-state index < -0.39 is 6.10 Å². The standard InChI is InChI=1S/C11H11N3O3/c1-7(15)11(8(2)17-16-3)10(6-14)9(4-12)5-13/h8,15H,1-3H3/b11-7+. The van der Waals surface area contributed by atoms with Crippen LogP contribution in [-0.2, 0) is 9.78 Å². The van der Waals surface area contributed by atoms with Gasteiger partial charge in [-0.05, 0) is 13.8 Å². The predicted octanol–water partition coefficient (Wildman–Crippen LogP) is 1.65. The highest BCUT2D eigenvalue weighted by Gasteiger charge is 2.21. The lowest BCUT2D eigenvalue weighted by Gasteiger charge is -2.14. The molecule has 0 amide bonds. The van der Waals surface area contributed by atoms with Gasteiger partial charge >= 0.3 is 0 Å². The Morgan fingerprint density at radius 3 is 2.00 bits per heavy atom. The minimum atomic E-state index is -0.781. The van der Waals surface area contributed by atoms with Crippen molar-refractivity contribution in [1.82, 2.24) is 0 Å². The Kier molecular flexibility index (Phi) is 6.06. The highest BCUT2D eigenvalue weighted by molar-refractivity contribution is 5.57. The SMILES string of the molecule is COOC(C)/C(C(C#N)=C(C#N)C#N)=C(/C)O. The first-order valence-electron chi connectivity index (χ1n) is 4.57. The molecule has 6 nitrogen and oxygen atoms in total. The number of hydrogen-bond acceptors (Lipinski definition) is 6. The summed E-state index contributed by atoms with van der Waals surface area (Å²) in [7, 11) is 1.27. The van der Waals surface area contributed by atoms with Gasteiger partial charge < -0.3 is 5.11 Å². The van der Waals surface area contributed by atoms with E-state index in [2.05, 4.69) is 4.89 Å². The molecule has 1 N–H and O–H groups in total. The molecule has 0 bridgehead atoms. The van der Waals surface area contributed by atoms with Gasteiger partial charge in [0.15, 0.2) is 0 Å². The molecule has 0 saturated carbocycles. The smallest absolute Gasteiger partial charge is 0.147 e. The van der Waals surface area contributed by atoms with E-state index in [4.69, 9.17) is 20.7 Å². The van der Waals surface area contributed by atoms with E-state index in [1.807, 2.05) is 0 Å². The quantitative estimate of drug-likeness (QED) is 0.260. The van der Waals surface area contributed by atoms with Crippen molar-refractivity contribution in [2.24, 2.45) is 0 Å². The van der Waals surface area contributed by atoms with E-state index in [0.29, 0.717) is 0 Å². The summed E-state index contributed by atoms with van der Waals surface area (Å²) in [6, 6.07) is 4.88. The zero-order valence-electron chi connectivity index (χ0n) is 9.68. The third-order valence-corrected chi connectivity index (χ3v) is 1.89. The van der Waals surface area contributed by atoms with Gasteiger partial charge in [-0.15, -0.1) is 0 Å². The third kappa shape index (κ3) is 3.62. The van der Waals surface area contributed by atoms with Gasteiger partial charge in [-0.3, -0.25) is 0 Å². The molecule has 0 aliphatic heterocycles. The maximum atomic E-state index is 9.49. The van der Waals surface area contributed by atoms with Gasteiger partial charge in [0.05, 0.1) is 18.4 Å². The van der Waals surface area contributed by atoms with Gasteiger partial charge in [0.1, 0.15) is 29.9 Å². The van der Waals surface area contributed by atoms with Crippen LogP contribution in [-0.4, -0.2) is 18.3 Å². The first-order valence-corrected chi connectivity index (χ1v) is 4.57. The van der Waals surface area contributed by atoms with Crippen LogP contribution >= 0.6 is 0 Å². The van der Waals surface area contributed by atoms with Crippen molar-refractivity contribution in [3.05, 3.63) is 22.5 Å². The zero-order valence-corrected chi connectivity index (χ0v) is 9.68. The molecule has 0 aromatic heterocycles. The minimum Gasteiger partial charge on any atom is -0.512 e. The Bertz CT molecular complexity index is 452. The van der Waals surface area contributed by atoms with Gasteiger partial charge in [-0.2, -0.15) is 15.8 Å². The Balaban J connectivity index is 5.78. The van der Waals surface area contributed by atoms with Crippen molar-refractivity contribution in [2.75, 3.05) is 7.11 Å². The second kappa shape index (κ2) is 7.03. The lowest BCUT2D eigenvalue weighted by Crippen LogP contribution is -2.15. The highest BCUT2D eigenvalue weighted by atomic mass is 17.2. The summed E-state index contributed by atoms with van der Waals surface area (Å²) in [6.45, 7) is 2.84. The van der Waals surface area contributed by atoms with Crippen LogP contribution in [0.2, 0.25) is 0 Å². The molecule has 0 heterocycles. The van der Waals surface area contributed by atoms with Gasteiger partial charge in [0, 0.05) is 5.57 Å². The molecule has 1 unspecified atom stereocenters. The molecule has 0 fully saturated rings. The Morgan fingerprint density at radius 1 is 1.18 bits per heavy atom. The topological polar surface area (TPSA) is 110 Å². The maximum absolute atomic E-state index is 9.49. The molecular weight excluding hydrogens is 222 g/mol. The zero-order chi connectivity index (χ0) is 13.4. The summed E-state index contributed by atoms with van der Waals surface area (Å²) in [4.78, 5) is 9.20. The molecule has 0 aromatic rings. The number of aliphatic hydroxyl groups is 1. The van der Waals surface area contributed by atoms with Gasteiger partial charge in [0.2, 0.25) is 0 Å². The van der Waals surface area contributed by atoms with Crippen molar-refractivity contribution < 1.29 is 14.9 Å². The summed E-state index contributed by atoms with van der Waals surface area (Å²) in [5, 5.41) is 35.9. The van der Waals surface area contributed by atoms with E-state index in [0.717, 1.165) is 0 Å². The lowest BCUT2D eigenvalue weighted by atomic mass is 9.97. The molecule has 17 heavy (non-hydrogen) atoms. The van der Waals surface area contributed by atoms with Crippen molar-refractivity contribution in [1.29, 1.82) is 15.8 Å². The third-order valence-electron chi connectivity index (χ3n) is 1.89. The van der Waals surface area contributed by atoms with Crippen molar-refractivity contribution in [3.63, 3.8) is 0 Å². The van der Waals surface area contributed by atoms with Crippen LogP contribution in [0.25, 0.3) is 0 Å². The normalized spacial score (nSPS) is 12.5. The van der Waals surface area contributed by atoms with E-state index >= 15 is 0 Å². The number of nitriles is 3. The fourth-order valence-corrected chi connectivity index (χ4v) is 1.26. The molecule has 0 rings (SSSR count). The monoisotopic (exact) mass is 233 g/mol. The Labute approximate surface area is 99.1 Å². The van der Waals surface area contributed by atoms with Crippen molar-refractivity contribution in [3.8, 4) is 18.2 Å². The summed E-state index contributed by atoms with van der Waals surface area (Å²) in [5.74, 6) is -0.214. The number of nitrogens with zero attached hydrogens (tertiary/aromatic N) is 3. The van der Waals surface area contributed by atoms with E-state index in [9.17, 15) is 5.11 Å². The molecular formula is C11H11N3O3. The summed E-state index contributed by atoms with van der Waals surface area (Å²) < 4.78 is 0. The number of aliphatic hydroxyl groups excluding tert-OH is 1. The van der Waals surface area contributed by atoms with Crippen molar-refractivity contribution >= 4 is 0 Å². The molecule has 0 radical (unpaired) electrons. The Morgan fingerprint density at radius 2 is 1.71 bits per heavy atom. The number of hydrogen-bond donors (Lipinski definition) is 1. The fraction of sp³-hybridized carbons (Fsp3) is 0.364. The molecule has 0 aromatic carbocycles. The summed E-state index contributed by atoms with van der Waals surface area (Å²) in [6.07, 6.45) is -0.781. The molecule has 1 atom stereocenters. The molecule has 0 aliphatic rings. The molecule has 6 heteroatoms. The highest BCUT2D eigenvalue weighted by Crippen LogP contribution is 2.22. The van der Waals surface area contributed by atoms with E-state index in [1.165, 1.54) is 21.0 Å². The summed E-state index contributed by atoms with van der Waals surface area (Å²) >= 11 is 0. The molecule has 0 aliphatic carbocycles. The van der Waals surface area contributed by atoms with Crippen molar-refractivity contribution in [2.45, 2.75) is 20.0 Å². The molecule has 88 valence electrons. The molecule has 0 saturated heterocycles. The second-order valence-corrected chi connectivity index (χ2v) is 2.99. The first-order chi connectivity index (χ1) is 8.03. The average molecular weight is 233 g/mol. The number of allylic oxidation sites excluding steroid dienone is 2. The van der Waals surface area contributed by atoms with E-state index in [1.54, 1.807) is 18.2 Å².